The predicted octanol–water partition coefficient (Wildman–Crippen LogP) is 3.78. The minimum Gasteiger partial charge on any atom is -0.493 e. The Bertz CT molecular complexity index is 570. The summed E-state index contributed by atoms with van der Waals surface area (Å²) in [5, 5.41) is 3.05. The Morgan fingerprint density at radius 1 is 1.18 bits per heavy atom. The largest absolute Gasteiger partial charge is 0.493 e. The highest BCUT2D eigenvalue weighted by Gasteiger charge is 2.40. The van der Waals surface area contributed by atoms with Crippen LogP contribution >= 0.6 is 0 Å². The predicted molar refractivity (Wildman–Crippen MR) is 86.5 cm³/mol. The van der Waals surface area contributed by atoms with Crippen LogP contribution in [-0.4, -0.2) is 20.1 Å². The van der Waals surface area contributed by atoms with Crippen molar-refractivity contribution in [2.45, 2.75) is 39.0 Å². The zero-order valence-corrected chi connectivity index (χ0v) is 13.6. The van der Waals surface area contributed by atoms with Crippen LogP contribution in [0, 0.1) is 24.7 Å². The van der Waals surface area contributed by atoms with E-state index in [0.717, 1.165) is 23.1 Å². The van der Waals surface area contributed by atoms with E-state index in [4.69, 9.17) is 9.47 Å². The van der Waals surface area contributed by atoms with Gasteiger partial charge in [-0.15, -0.1) is 0 Å². The highest BCUT2D eigenvalue weighted by molar-refractivity contribution is 5.92. The fourth-order valence-corrected chi connectivity index (χ4v) is 4.18. The lowest BCUT2D eigenvalue weighted by Crippen LogP contribution is -2.20. The van der Waals surface area contributed by atoms with E-state index in [2.05, 4.69) is 5.32 Å². The molecule has 1 aromatic rings. The lowest BCUT2D eigenvalue weighted by Gasteiger charge is -2.21. The molecule has 2 saturated carbocycles. The Morgan fingerprint density at radius 2 is 1.91 bits per heavy atom. The van der Waals surface area contributed by atoms with Crippen molar-refractivity contribution in [2.75, 3.05) is 19.5 Å². The van der Waals surface area contributed by atoms with Gasteiger partial charge >= 0.3 is 0 Å². The van der Waals surface area contributed by atoms with Gasteiger partial charge in [-0.1, -0.05) is 6.42 Å². The van der Waals surface area contributed by atoms with Crippen molar-refractivity contribution in [1.29, 1.82) is 0 Å². The van der Waals surface area contributed by atoms with Crippen molar-refractivity contribution in [1.82, 2.24) is 0 Å². The molecule has 1 amide bonds. The third kappa shape index (κ3) is 2.92. The number of rotatable bonds is 5. The summed E-state index contributed by atoms with van der Waals surface area (Å²) in [7, 11) is 3.22. The van der Waals surface area contributed by atoms with Crippen molar-refractivity contribution >= 4 is 11.6 Å². The highest BCUT2D eigenvalue weighted by atomic mass is 16.5. The molecule has 1 N–H and O–H groups in total. The van der Waals surface area contributed by atoms with E-state index in [-0.39, 0.29) is 5.91 Å². The van der Waals surface area contributed by atoms with Crippen molar-refractivity contribution in [3.8, 4) is 11.5 Å². The van der Waals surface area contributed by atoms with Crippen LogP contribution in [-0.2, 0) is 4.79 Å². The Balaban J connectivity index is 1.66. The van der Waals surface area contributed by atoms with E-state index in [1.807, 2.05) is 19.1 Å². The molecule has 0 saturated heterocycles. The maximum absolute atomic E-state index is 12.4. The van der Waals surface area contributed by atoms with Crippen LogP contribution in [0.5, 0.6) is 11.5 Å². The number of carbonyl (C=O) groups excluding carboxylic acids is 1. The molecular weight excluding hydrogens is 278 g/mol. The van der Waals surface area contributed by atoms with Crippen molar-refractivity contribution in [3.05, 3.63) is 17.7 Å². The van der Waals surface area contributed by atoms with Crippen LogP contribution in [0.4, 0.5) is 5.69 Å². The van der Waals surface area contributed by atoms with Gasteiger partial charge in [0, 0.05) is 18.2 Å². The topological polar surface area (TPSA) is 47.6 Å². The molecule has 4 heteroatoms. The zero-order valence-electron chi connectivity index (χ0n) is 13.6. The highest BCUT2D eigenvalue weighted by Crippen LogP contribution is 2.49. The molecule has 0 heterocycles. The van der Waals surface area contributed by atoms with E-state index in [9.17, 15) is 4.79 Å². The Labute approximate surface area is 132 Å². The zero-order chi connectivity index (χ0) is 15.7. The first-order valence-electron chi connectivity index (χ1n) is 8.13. The number of amides is 1. The monoisotopic (exact) mass is 303 g/mol. The smallest absolute Gasteiger partial charge is 0.224 e. The molecule has 22 heavy (non-hydrogen) atoms. The van der Waals surface area contributed by atoms with Crippen LogP contribution in [0.2, 0.25) is 0 Å². The third-order valence-electron chi connectivity index (χ3n) is 5.34. The van der Waals surface area contributed by atoms with E-state index >= 15 is 0 Å². The van der Waals surface area contributed by atoms with Gasteiger partial charge in [0.2, 0.25) is 5.91 Å². The number of fused-ring (bicyclic) bond motifs is 2. The van der Waals surface area contributed by atoms with Gasteiger partial charge in [0.1, 0.15) is 0 Å². The summed E-state index contributed by atoms with van der Waals surface area (Å²) in [6.07, 6.45) is 5.92. The number of aryl methyl sites for hydroxylation is 1. The molecule has 2 aliphatic rings. The number of methoxy groups -OCH3 is 2. The number of nitrogens with one attached hydrogen (secondary N) is 1. The third-order valence-corrected chi connectivity index (χ3v) is 5.34. The summed E-state index contributed by atoms with van der Waals surface area (Å²) >= 11 is 0. The summed E-state index contributed by atoms with van der Waals surface area (Å²) in [6, 6.07) is 3.73. The van der Waals surface area contributed by atoms with Crippen LogP contribution in [0.25, 0.3) is 0 Å². The number of hydrogen-bond acceptors (Lipinski definition) is 3. The SMILES string of the molecule is COc1cc(C)c(NC(=O)C[C@H]2C[C@H]3CC[C@H]2C3)cc1OC. The number of ether oxygens (including phenoxy) is 2. The Hall–Kier alpha value is -1.71. The van der Waals surface area contributed by atoms with E-state index in [0.29, 0.717) is 23.8 Å². The van der Waals surface area contributed by atoms with Gasteiger partial charge in [0.05, 0.1) is 14.2 Å². The molecule has 0 unspecified atom stereocenters. The average Bonchev–Trinajstić information content (AvgIpc) is 3.11. The molecule has 3 atom stereocenters. The Kier molecular flexibility index (Phi) is 4.27. The lowest BCUT2D eigenvalue weighted by atomic mass is 9.86. The van der Waals surface area contributed by atoms with Gasteiger partial charge in [0.25, 0.3) is 0 Å². The maximum Gasteiger partial charge on any atom is 0.224 e. The number of hydrogen-bond donors (Lipinski definition) is 1. The molecule has 3 rings (SSSR count). The van der Waals surface area contributed by atoms with Crippen LogP contribution in [0.3, 0.4) is 0 Å². The van der Waals surface area contributed by atoms with Gasteiger partial charge in [0.15, 0.2) is 11.5 Å². The fraction of sp³-hybridized carbons (Fsp3) is 0.611. The van der Waals surface area contributed by atoms with Gasteiger partial charge in [-0.05, 0) is 55.6 Å². The fourth-order valence-electron chi connectivity index (χ4n) is 4.18. The second-order valence-electron chi connectivity index (χ2n) is 6.71. The van der Waals surface area contributed by atoms with Crippen LogP contribution < -0.4 is 14.8 Å². The Morgan fingerprint density at radius 3 is 2.50 bits per heavy atom. The second-order valence-corrected chi connectivity index (χ2v) is 6.71. The lowest BCUT2D eigenvalue weighted by molar-refractivity contribution is -0.117. The maximum atomic E-state index is 12.4. The number of anilines is 1. The summed E-state index contributed by atoms with van der Waals surface area (Å²) in [5.74, 6) is 3.69. The normalized spacial score (nSPS) is 26.0. The van der Waals surface area contributed by atoms with Crippen molar-refractivity contribution in [2.24, 2.45) is 17.8 Å². The van der Waals surface area contributed by atoms with Gasteiger partial charge < -0.3 is 14.8 Å². The second kappa shape index (κ2) is 6.19. The number of benzene rings is 1. The molecule has 0 aromatic heterocycles. The molecule has 2 bridgehead atoms. The first kappa shape index (κ1) is 15.2. The number of carbonyl (C=O) groups is 1. The van der Waals surface area contributed by atoms with Gasteiger partial charge in [-0.25, -0.2) is 0 Å². The molecule has 2 aliphatic carbocycles. The van der Waals surface area contributed by atoms with Crippen LogP contribution in [0.1, 0.15) is 37.7 Å². The summed E-state index contributed by atoms with van der Waals surface area (Å²) in [4.78, 5) is 12.4. The minimum atomic E-state index is 0.118. The van der Waals surface area contributed by atoms with E-state index in [1.54, 1.807) is 14.2 Å². The molecule has 2 fully saturated rings. The molecule has 0 radical (unpaired) electrons. The molecule has 1 aromatic carbocycles. The standard InChI is InChI=1S/C18H25NO3/c1-11-6-16(21-2)17(22-3)10-15(11)19-18(20)9-14-8-12-4-5-13(14)7-12/h6,10,12-14H,4-5,7-9H2,1-3H3,(H,19,20)/t12-,13-,14+/m0/s1. The van der Waals surface area contributed by atoms with E-state index < -0.39 is 0 Å². The quantitative estimate of drug-likeness (QED) is 0.900. The van der Waals surface area contributed by atoms with Gasteiger partial charge in [-0.2, -0.15) is 0 Å². The molecule has 0 aliphatic heterocycles. The van der Waals surface area contributed by atoms with Crippen molar-refractivity contribution < 1.29 is 14.3 Å². The van der Waals surface area contributed by atoms with Gasteiger partial charge in [-0.3, -0.25) is 4.79 Å². The van der Waals surface area contributed by atoms with Crippen LogP contribution in [0.15, 0.2) is 12.1 Å². The summed E-state index contributed by atoms with van der Waals surface area (Å²) < 4.78 is 10.6. The van der Waals surface area contributed by atoms with E-state index in [1.165, 1.54) is 25.7 Å². The molecule has 0 spiro atoms. The van der Waals surface area contributed by atoms with Crippen molar-refractivity contribution in [3.63, 3.8) is 0 Å². The molecular formula is C18H25NO3. The summed E-state index contributed by atoms with van der Waals surface area (Å²) in [6.45, 7) is 1.97. The first-order chi connectivity index (χ1) is 10.6. The molecule has 4 nitrogen and oxygen atoms in total. The minimum absolute atomic E-state index is 0.118. The summed E-state index contributed by atoms with van der Waals surface area (Å²) in [5.41, 5.74) is 1.80. The average molecular weight is 303 g/mol. The first-order valence-corrected chi connectivity index (χ1v) is 8.13. The molecule has 120 valence electrons.